The zero-order chi connectivity index (χ0) is 16.0. The molecule has 1 aliphatic rings. The summed E-state index contributed by atoms with van der Waals surface area (Å²) in [5, 5.41) is 29.1. The monoisotopic (exact) mass is 311 g/mol. The van der Waals surface area contributed by atoms with Gasteiger partial charge < -0.3 is 25.8 Å². The van der Waals surface area contributed by atoms with E-state index in [-0.39, 0.29) is 11.6 Å². The third-order valence-corrected chi connectivity index (χ3v) is 3.81. The normalized spacial score (nSPS) is 28.5. The van der Waals surface area contributed by atoms with E-state index in [9.17, 15) is 15.0 Å². The average molecular weight is 311 g/mol. The van der Waals surface area contributed by atoms with Crippen LogP contribution in [0.25, 0.3) is 11.2 Å². The lowest BCUT2D eigenvalue weighted by Crippen LogP contribution is -2.35. The predicted molar refractivity (Wildman–Crippen MR) is 74.9 cm³/mol. The topological polar surface area (TPSA) is 149 Å². The number of ether oxygens (including phenoxy) is 1. The van der Waals surface area contributed by atoms with Crippen LogP contribution in [0, 0.1) is 0 Å². The van der Waals surface area contributed by atoms with Crippen molar-refractivity contribution in [2.45, 2.75) is 38.0 Å². The molecule has 1 saturated heterocycles. The highest BCUT2D eigenvalue weighted by molar-refractivity contribution is 5.71. The van der Waals surface area contributed by atoms with Crippen LogP contribution in [-0.4, -0.2) is 59.3 Å². The standard InChI is InChI=1S/C12H17N5O5/c1-2-16-5-3-14-11(13)15-9(5)17(12(16)21)10-8(20)7(19)6(4-18)22-10/h3,6-8,10,18-20H,2,4H2,1H3,(H2,13,14,15)/t6-,7+,8-,10-/m1/s1. The van der Waals surface area contributed by atoms with Crippen LogP contribution in [0.1, 0.15) is 13.2 Å². The predicted octanol–water partition coefficient (Wildman–Crippen LogP) is -2.19. The minimum atomic E-state index is -1.37. The van der Waals surface area contributed by atoms with Gasteiger partial charge in [-0.25, -0.2) is 14.3 Å². The highest BCUT2D eigenvalue weighted by atomic mass is 16.6. The van der Waals surface area contributed by atoms with Crippen molar-refractivity contribution in [1.82, 2.24) is 19.1 Å². The second kappa shape index (κ2) is 5.32. The van der Waals surface area contributed by atoms with Crippen LogP contribution in [0.3, 0.4) is 0 Å². The van der Waals surface area contributed by atoms with E-state index in [0.717, 1.165) is 4.57 Å². The summed E-state index contributed by atoms with van der Waals surface area (Å²) in [6.45, 7) is 1.66. The van der Waals surface area contributed by atoms with Crippen molar-refractivity contribution in [2.24, 2.45) is 0 Å². The molecule has 120 valence electrons. The van der Waals surface area contributed by atoms with Gasteiger partial charge in [-0.1, -0.05) is 0 Å². The molecule has 3 heterocycles. The van der Waals surface area contributed by atoms with Crippen molar-refractivity contribution in [3.8, 4) is 0 Å². The van der Waals surface area contributed by atoms with Crippen molar-refractivity contribution in [3.63, 3.8) is 0 Å². The Morgan fingerprint density at radius 3 is 2.73 bits per heavy atom. The van der Waals surface area contributed by atoms with Gasteiger partial charge in [-0.05, 0) is 6.92 Å². The molecule has 1 fully saturated rings. The highest BCUT2D eigenvalue weighted by Gasteiger charge is 2.45. The van der Waals surface area contributed by atoms with Crippen molar-refractivity contribution in [3.05, 3.63) is 16.7 Å². The molecule has 5 N–H and O–H groups in total. The number of hydrogen-bond acceptors (Lipinski definition) is 8. The summed E-state index contributed by atoms with van der Waals surface area (Å²) in [6.07, 6.45) is -3.40. The molecule has 10 nitrogen and oxygen atoms in total. The van der Waals surface area contributed by atoms with E-state index in [2.05, 4.69) is 9.97 Å². The van der Waals surface area contributed by atoms with Crippen molar-refractivity contribution >= 4 is 17.1 Å². The Kier molecular flexibility index (Phi) is 3.60. The number of nitrogens with two attached hydrogens (primary N) is 1. The molecular weight excluding hydrogens is 294 g/mol. The number of aliphatic hydroxyl groups is 3. The first-order chi connectivity index (χ1) is 10.5. The fourth-order valence-electron chi connectivity index (χ4n) is 2.70. The van der Waals surface area contributed by atoms with Gasteiger partial charge >= 0.3 is 5.69 Å². The number of rotatable bonds is 3. The van der Waals surface area contributed by atoms with Gasteiger partial charge in [0.1, 0.15) is 23.8 Å². The molecule has 0 radical (unpaired) electrons. The minimum absolute atomic E-state index is 0.0266. The van der Waals surface area contributed by atoms with Gasteiger partial charge in [-0.2, -0.15) is 4.98 Å². The Labute approximate surface area is 124 Å². The molecule has 2 aromatic heterocycles. The molecule has 0 amide bonds. The van der Waals surface area contributed by atoms with E-state index >= 15 is 0 Å². The Bertz CT molecular complexity index is 756. The molecular formula is C12H17N5O5. The quantitative estimate of drug-likeness (QED) is 0.499. The molecule has 0 aliphatic carbocycles. The molecule has 0 saturated carbocycles. The summed E-state index contributed by atoms with van der Waals surface area (Å²) in [6, 6.07) is 0. The number of aryl methyl sites for hydroxylation is 1. The number of aromatic nitrogens is 4. The molecule has 0 spiro atoms. The number of aliphatic hydroxyl groups excluding tert-OH is 3. The first kappa shape index (κ1) is 14.9. The average Bonchev–Trinajstić information content (AvgIpc) is 2.93. The molecule has 0 unspecified atom stereocenters. The maximum absolute atomic E-state index is 12.5. The third-order valence-electron chi connectivity index (χ3n) is 3.81. The van der Waals surface area contributed by atoms with Gasteiger partial charge in [0.2, 0.25) is 5.95 Å². The lowest BCUT2D eigenvalue weighted by Gasteiger charge is -2.15. The van der Waals surface area contributed by atoms with Gasteiger partial charge in [0.25, 0.3) is 0 Å². The van der Waals surface area contributed by atoms with Gasteiger partial charge in [-0.3, -0.25) is 4.57 Å². The maximum atomic E-state index is 12.5. The summed E-state index contributed by atoms with van der Waals surface area (Å²) in [5.74, 6) is -0.0266. The van der Waals surface area contributed by atoms with E-state index in [1.807, 2.05) is 0 Å². The van der Waals surface area contributed by atoms with E-state index in [0.29, 0.717) is 12.1 Å². The zero-order valence-corrected chi connectivity index (χ0v) is 11.8. The zero-order valence-electron chi connectivity index (χ0n) is 11.8. The Hall–Kier alpha value is -2.01. The Morgan fingerprint density at radius 2 is 2.14 bits per heavy atom. The number of fused-ring (bicyclic) bond motifs is 1. The van der Waals surface area contributed by atoms with E-state index in [1.54, 1.807) is 6.92 Å². The summed E-state index contributed by atoms with van der Waals surface area (Å²) >= 11 is 0. The number of nitrogens with zero attached hydrogens (tertiary/aromatic N) is 4. The minimum Gasteiger partial charge on any atom is -0.394 e. The molecule has 10 heteroatoms. The largest absolute Gasteiger partial charge is 0.394 e. The van der Waals surface area contributed by atoms with Gasteiger partial charge in [0, 0.05) is 6.54 Å². The van der Waals surface area contributed by atoms with Gasteiger partial charge in [0.05, 0.1) is 12.8 Å². The second-order valence-electron chi connectivity index (χ2n) is 5.06. The van der Waals surface area contributed by atoms with Crippen LogP contribution in [-0.2, 0) is 11.3 Å². The second-order valence-corrected chi connectivity index (χ2v) is 5.06. The number of anilines is 1. The summed E-state index contributed by atoms with van der Waals surface area (Å²) < 4.78 is 7.94. The van der Waals surface area contributed by atoms with E-state index in [1.165, 1.54) is 10.8 Å². The number of hydrogen-bond donors (Lipinski definition) is 4. The fourth-order valence-corrected chi connectivity index (χ4v) is 2.70. The summed E-state index contributed by atoms with van der Waals surface area (Å²) in [7, 11) is 0. The van der Waals surface area contributed by atoms with Crippen LogP contribution >= 0.6 is 0 Å². The van der Waals surface area contributed by atoms with E-state index < -0.39 is 36.8 Å². The summed E-state index contributed by atoms with van der Waals surface area (Å²) in [4.78, 5) is 20.4. The smallest absolute Gasteiger partial charge is 0.332 e. The van der Waals surface area contributed by atoms with Crippen molar-refractivity contribution < 1.29 is 20.1 Å². The Morgan fingerprint density at radius 1 is 1.41 bits per heavy atom. The van der Waals surface area contributed by atoms with Crippen molar-refractivity contribution in [2.75, 3.05) is 12.3 Å². The van der Waals surface area contributed by atoms with Crippen molar-refractivity contribution in [1.29, 1.82) is 0 Å². The fraction of sp³-hybridized carbons (Fsp3) is 0.583. The maximum Gasteiger partial charge on any atom is 0.332 e. The molecule has 1 aliphatic heterocycles. The van der Waals surface area contributed by atoms with Crippen LogP contribution in [0.15, 0.2) is 11.0 Å². The highest BCUT2D eigenvalue weighted by Crippen LogP contribution is 2.30. The first-order valence-electron chi connectivity index (χ1n) is 6.85. The van der Waals surface area contributed by atoms with Gasteiger partial charge in [0.15, 0.2) is 11.9 Å². The molecule has 3 rings (SSSR count). The Balaban J connectivity index is 2.21. The number of imidazole rings is 1. The van der Waals surface area contributed by atoms with E-state index in [4.69, 9.17) is 15.6 Å². The third kappa shape index (κ3) is 2.00. The first-order valence-corrected chi connectivity index (χ1v) is 6.85. The van der Waals surface area contributed by atoms with Crippen LogP contribution in [0.4, 0.5) is 5.95 Å². The van der Waals surface area contributed by atoms with Crippen LogP contribution < -0.4 is 11.4 Å². The molecule has 2 aromatic rings. The lowest BCUT2D eigenvalue weighted by atomic mass is 10.1. The molecule has 0 aromatic carbocycles. The lowest BCUT2D eigenvalue weighted by molar-refractivity contribution is -0.0527. The van der Waals surface area contributed by atoms with Crippen LogP contribution in [0.5, 0.6) is 0 Å². The van der Waals surface area contributed by atoms with Crippen LogP contribution in [0.2, 0.25) is 0 Å². The molecule has 22 heavy (non-hydrogen) atoms. The number of nitrogen functional groups attached to an aromatic ring is 1. The molecule has 4 atom stereocenters. The summed E-state index contributed by atoms with van der Waals surface area (Å²) in [5.41, 5.74) is 5.75. The van der Waals surface area contributed by atoms with Gasteiger partial charge in [-0.15, -0.1) is 0 Å². The SMILES string of the molecule is CCn1c(=O)n([C@@H]2O[C@H](CO)[C@H](O)[C@H]2O)c2nc(N)ncc21. The molecule has 0 bridgehead atoms.